The summed E-state index contributed by atoms with van der Waals surface area (Å²) in [6.45, 7) is 7.86. The van der Waals surface area contributed by atoms with Crippen LogP contribution < -0.4 is 10.6 Å². The minimum Gasteiger partial charge on any atom is -0.355 e. The van der Waals surface area contributed by atoms with Crippen molar-refractivity contribution in [3.05, 3.63) is 35.4 Å². The fraction of sp³-hybridized carbons (Fsp3) is 0.619. The molecule has 3 rings (SSSR count). The highest BCUT2D eigenvalue weighted by atomic mass is 127. The number of nitrogens with one attached hydrogen (secondary N) is 2. The average molecular weight is 499 g/mol. The molecule has 2 aliphatic heterocycles. The van der Waals surface area contributed by atoms with E-state index in [1.807, 2.05) is 11.9 Å². The van der Waals surface area contributed by atoms with E-state index in [0.717, 1.165) is 45.1 Å². The van der Waals surface area contributed by atoms with Gasteiger partial charge in [-0.15, -0.1) is 24.0 Å². The van der Waals surface area contributed by atoms with Gasteiger partial charge in [-0.25, -0.2) is 0 Å². The van der Waals surface area contributed by atoms with E-state index in [2.05, 4.69) is 51.7 Å². The molecule has 1 aromatic rings. The molecule has 2 aliphatic rings. The van der Waals surface area contributed by atoms with E-state index >= 15 is 0 Å². The molecule has 28 heavy (non-hydrogen) atoms. The molecular weight excluding hydrogens is 465 g/mol. The molecule has 0 aliphatic carbocycles. The first-order valence-electron chi connectivity index (χ1n) is 10.2. The molecule has 0 aromatic heterocycles. The van der Waals surface area contributed by atoms with Crippen LogP contribution in [0.4, 0.5) is 0 Å². The van der Waals surface area contributed by atoms with Crippen molar-refractivity contribution in [3.8, 4) is 0 Å². The van der Waals surface area contributed by atoms with Gasteiger partial charge < -0.3 is 15.5 Å². The smallest absolute Gasteiger partial charge is 0.222 e. The molecule has 2 N–H and O–H groups in total. The maximum atomic E-state index is 11.7. The summed E-state index contributed by atoms with van der Waals surface area (Å²) in [5.41, 5.74) is 2.41. The van der Waals surface area contributed by atoms with Crippen LogP contribution in [0.15, 0.2) is 29.3 Å². The van der Waals surface area contributed by atoms with Gasteiger partial charge in [-0.3, -0.25) is 14.7 Å². The largest absolute Gasteiger partial charge is 0.355 e. The summed E-state index contributed by atoms with van der Waals surface area (Å²) in [4.78, 5) is 20.6. The first kappa shape index (κ1) is 22.9. The number of halogens is 1. The van der Waals surface area contributed by atoms with Crippen molar-refractivity contribution in [2.45, 2.75) is 51.7 Å². The van der Waals surface area contributed by atoms with E-state index in [-0.39, 0.29) is 29.9 Å². The molecule has 2 saturated heterocycles. The van der Waals surface area contributed by atoms with E-state index in [4.69, 9.17) is 0 Å². The highest BCUT2D eigenvalue weighted by molar-refractivity contribution is 14.0. The first-order chi connectivity index (χ1) is 13.2. The van der Waals surface area contributed by atoms with Gasteiger partial charge in [-0.1, -0.05) is 31.2 Å². The highest BCUT2D eigenvalue weighted by Gasteiger charge is 2.22. The van der Waals surface area contributed by atoms with Gasteiger partial charge in [-0.05, 0) is 43.5 Å². The highest BCUT2D eigenvalue weighted by Crippen LogP contribution is 2.16. The topological polar surface area (TPSA) is 60.0 Å². The number of rotatable bonds is 7. The van der Waals surface area contributed by atoms with Crippen LogP contribution in [0.3, 0.4) is 0 Å². The van der Waals surface area contributed by atoms with Gasteiger partial charge in [0, 0.05) is 45.7 Å². The lowest BCUT2D eigenvalue weighted by Gasteiger charge is -2.24. The summed E-state index contributed by atoms with van der Waals surface area (Å²) < 4.78 is 0. The summed E-state index contributed by atoms with van der Waals surface area (Å²) in [5.74, 6) is 1.13. The van der Waals surface area contributed by atoms with Gasteiger partial charge >= 0.3 is 0 Å². The summed E-state index contributed by atoms with van der Waals surface area (Å²) in [7, 11) is 1.82. The summed E-state index contributed by atoms with van der Waals surface area (Å²) in [5, 5.41) is 6.86. The van der Waals surface area contributed by atoms with Gasteiger partial charge in [0.25, 0.3) is 0 Å². The summed E-state index contributed by atoms with van der Waals surface area (Å²) in [6, 6.07) is 9.12. The van der Waals surface area contributed by atoms with Crippen LogP contribution in [0, 0.1) is 0 Å². The lowest BCUT2D eigenvalue weighted by molar-refractivity contribution is -0.128. The van der Waals surface area contributed by atoms with Crippen molar-refractivity contribution >= 4 is 35.8 Å². The SMILES string of the molecule is CCN1CCCC1CNC(=NC)NCc1ccc(CN2CCCC2=O)cc1.I. The Labute approximate surface area is 186 Å². The zero-order chi connectivity index (χ0) is 19.1. The van der Waals surface area contributed by atoms with Crippen molar-refractivity contribution in [2.75, 3.05) is 33.2 Å². The second-order valence-corrected chi connectivity index (χ2v) is 7.47. The van der Waals surface area contributed by atoms with Crippen LogP contribution in [-0.2, 0) is 17.9 Å². The van der Waals surface area contributed by atoms with Gasteiger partial charge in [-0.2, -0.15) is 0 Å². The van der Waals surface area contributed by atoms with Gasteiger partial charge in [0.2, 0.25) is 5.91 Å². The number of aliphatic imine (C=N–C) groups is 1. The van der Waals surface area contributed by atoms with Crippen LogP contribution >= 0.6 is 24.0 Å². The maximum absolute atomic E-state index is 11.7. The van der Waals surface area contributed by atoms with Gasteiger partial charge in [0.15, 0.2) is 5.96 Å². The quantitative estimate of drug-likeness (QED) is 0.344. The number of amides is 1. The second kappa shape index (κ2) is 11.6. The van der Waals surface area contributed by atoms with Crippen molar-refractivity contribution in [3.63, 3.8) is 0 Å². The Morgan fingerprint density at radius 2 is 1.89 bits per heavy atom. The van der Waals surface area contributed by atoms with Gasteiger partial charge in [0.1, 0.15) is 0 Å². The number of carbonyl (C=O) groups excluding carboxylic acids is 1. The zero-order valence-corrected chi connectivity index (χ0v) is 19.4. The molecule has 7 heteroatoms. The monoisotopic (exact) mass is 499 g/mol. The Bertz CT molecular complexity index is 649. The lowest BCUT2D eigenvalue weighted by Crippen LogP contribution is -2.44. The summed E-state index contributed by atoms with van der Waals surface area (Å²) in [6.07, 6.45) is 4.25. The van der Waals surface area contributed by atoms with Crippen LogP contribution in [-0.4, -0.2) is 60.9 Å². The van der Waals surface area contributed by atoms with E-state index in [1.54, 1.807) is 0 Å². The predicted molar refractivity (Wildman–Crippen MR) is 125 cm³/mol. The Morgan fingerprint density at radius 3 is 2.54 bits per heavy atom. The van der Waals surface area contributed by atoms with E-state index < -0.39 is 0 Å². The number of likely N-dealkylation sites (tertiary alicyclic amines) is 2. The molecule has 1 aromatic carbocycles. The standard InChI is InChI=1S/C21H33N5O.HI/c1-3-25-12-4-6-19(25)15-24-21(22-2)23-14-17-8-10-18(11-9-17)16-26-13-5-7-20(26)27;/h8-11,19H,3-7,12-16H2,1-2H3,(H2,22,23,24);1H. The molecule has 0 spiro atoms. The third-order valence-corrected chi connectivity index (χ3v) is 5.66. The third-order valence-electron chi connectivity index (χ3n) is 5.66. The number of likely N-dealkylation sites (N-methyl/N-ethyl adjacent to an activating group) is 1. The van der Waals surface area contributed by atoms with E-state index in [0.29, 0.717) is 12.5 Å². The number of carbonyl (C=O) groups is 1. The summed E-state index contributed by atoms with van der Waals surface area (Å²) >= 11 is 0. The molecular formula is C21H34IN5O. The Hall–Kier alpha value is -1.35. The number of nitrogens with zero attached hydrogens (tertiary/aromatic N) is 3. The fourth-order valence-electron chi connectivity index (χ4n) is 4.02. The molecule has 156 valence electrons. The second-order valence-electron chi connectivity index (χ2n) is 7.47. The molecule has 0 saturated carbocycles. The Kier molecular flexibility index (Phi) is 9.50. The van der Waals surface area contributed by atoms with E-state index in [1.165, 1.54) is 30.5 Å². The Balaban J connectivity index is 0.00000280. The van der Waals surface area contributed by atoms with Crippen molar-refractivity contribution in [1.82, 2.24) is 20.4 Å². The number of benzene rings is 1. The predicted octanol–water partition coefficient (Wildman–Crippen LogP) is 2.58. The first-order valence-corrected chi connectivity index (χ1v) is 10.2. The number of guanidine groups is 1. The van der Waals surface area contributed by atoms with Crippen LogP contribution in [0.25, 0.3) is 0 Å². The maximum Gasteiger partial charge on any atom is 0.222 e. The lowest BCUT2D eigenvalue weighted by atomic mass is 10.1. The fourth-order valence-corrected chi connectivity index (χ4v) is 4.02. The normalized spacial score (nSPS) is 20.4. The molecule has 1 amide bonds. The van der Waals surface area contributed by atoms with Crippen molar-refractivity contribution in [2.24, 2.45) is 4.99 Å². The number of hydrogen-bond acceptors (Lipinski definition) is 3. The van der Waals surface area contributed by atoms with Crippen LogP contribution in [0.2, 0.25) is 0 Å². The zero-order valence-electron chi connectivity index (χ0n) is 17.1. The molecule has 2 fully saturated rings. The van der Waals surface area contributed by atoms with Crippen molar-refractivity contribution < 1.29 is 4.79 Å². The van der Waals surface area contributed by atoms with Crippen LogP contribution in [0.1, 0.15) is 43.7 Å². The van der Waals surface area contributed by atoms with Crippen LogP contribution in [0.5, 0.6) is 0 Å². The minimum absolute atomic E-state index is 0. The number of hydrogen-bond donors (Lipinski definition) is 2. The minimum atomic E-state index is 0. The molecule has 0 radical (unpaired) electrons. The molecule has 2 heterocycles. The molecule has 0 bridgehead atoms. The van der Waals surface area contributed by atoms with Gasteiger partial charge in [0.05, 0.1) is 0 Å². The Morgan fingerprint density at radius 1 is 1.14 bits per heavy atom. The molecule has 1 atom stereocenters. The average Bonchev–Trinajstić information content (AvgIpc) is 3.32. The molecule has 1 unspecified atom stereocenters. The molecule has 6 nitrogen and oxygen atoms in total. The van der Waals surface area contributed by atoms with E-state index in [9.17, 15) is 4.79 Å². The third kappa shape index (κ3) is 6.34. The van der Waals surface area contributed by atoms with Crippen molar-refractivity contribution in [1.29, 1.82) is 0 Å².